The van der Waals surface area contributed by atoms with Crippen molar-refractivity contribution in [1.29, 1.82) is 0 Å². The standard InChI is InChI=1S/C13H21NO2S/c1-5-9-6-7-10(17-9)8-11(14)12(15)16-13(2,3)4/h6-7,11H,5,8,14H2,1-4H3. The van der Waals surface area contributed by atoms with Crippen molar-refractivity contribution in [3.63, 3.8) is 0 Å². The lowest BCUT2D eigenvalue weighted by Crippen LogP contribution is -2.38. The Bertz CT molecular complexity index is 379. The number of nitrogens with two attached hydrogens (primary N) is 1. The molecule has 96 valence electrons. The Morgan fingerprint density at radius 1 is 1.41 bits per heavy atom. The number of rotatable bonds is 4. The average molecular weight is 255 g/mol. The van der Waals surface area contributed by atoms with Crippen LogP contribution in [0.25, 0.3) is 0 Å². The Morgan fingerprint density at radius 3 is 2.47 bits per heavy atom. The summed E-state index contributed by atoms with van der Waals surface area (Å²) >= 11 is 1.71. The molecule has 4 heteroatoms. The fourth-order valence-electron chi connectivity index (χ4n) is 1.40. The van der Waals surface area contributed by atoms with E-state index in [1.165, 1.54) is 4.88 Å². The third-order valence-electron chi connectivity index (χ3n) is 2.20. The van der Waals surface area contributed by atoms with Gasteiger partial charge in [-0.05, 0) is 39.3 Å². The van der Waals surface area contributed by atoms with Crippen LogP contribution < -0.4 is 5.73 Å². The quantitative estimate of drug-likeness (QED) is 0.841. The molecule has 0 bridgehead atoms. The molecule has 1 aromatic rings. The van der Waals surface area contributed by atoms with Crippen LogP contribution in [0.15, 0.2) is 12.1 Å². The summed E-state index contributed by atoms with van der Waals surface area (Å²) in [6.07, 6.45) is 1.58. The van der Waals surface area contributed by atoms with Gasteiger partial charge < -0.3 is 10.5 Å². The molecule has 0 amide bonds. The van der Waals surface area contributed by atoms with Crippen LogP contribution in [-0.2, 0) is 22.4 Å². The maximum atomic E-state index is 11.7. The third-order valence-corrected chi connectivity index (χ3v) is 3.45. The number of carbonyl (C=O) groups is 1. The van der Waals surface area contributed by atoms with Crippen molar-refractivity contribution in [2.45, 2.75) is 52.2 Å². The van der Waals surface area contributed by atoms with E-state index >= 15 is 0 Å². The molecule has 0 aromatic carbocycles. The third kappa shape index (κ3) is 4.88. The molecule has 3 nitrogen and oxygen atoms in total. The summed E-state index contributed by atoms with van der Waals surface area (Å²) in [6, 6.07) is 3.55. The van der Waals surface area contributed by atoms with Gasteiger partial charge in [-0.25, -0.2) is 0 Å². The van der Waals surface area contributed by atoms with Crippen LogP contribution in [0.3, 0.4) is 0 Å². The van der Waals surface area contributed by atoms with Crippen LogP contribution in [0, 0.1) is 0 Å². The van der Waals surface area contributed by atoms with Gasteiger partial charge in [-0.15, -0.1) is 11.3 Å². The van der Waals surface area contributed by atoms with Crippen LogP contribution in [0.2, 0.25) is 0 Å². The largest absolute Gasteiger partial charge is 0.459 e. The lowest BCUT2D eigenvalue weighted by Gasteiger charge is -2.21. The number of esters is 1. The maximum Gasteiger partial charge on any atom is 0.323 e. The first-order chi connectivity index (χ1) is 7.81. The molecule has 0 fully saturated rings. The van der Waals surface area contributed by atoms with Crippen LogP contribution in [0.4, 0.5) is 0 Å². The van der Waals surface area contributed by atoms with Crippen molar-refractivity contribution in [3.05, 3.63) is 21.9 Å². The van der Waals surface area contributed by atoms with E-state index in [0.717, 1.165) is 11.3 Å². The van der Waals surface area contributed by atoms with Gasteiger partial charge in [-0.1, -0.05) is 6.92 Å². The molecule has 1 atom stereocenters. The lowest BCUT2D eigenvalue weighted by atomic mass is 10.1. The number of carbonyl (C=O) groups excluding carboxylic acids is 1. The molecule has 2 N–H and O–H groups in total. The lowest BCUT2D eigenvalue weighted by molar-refractivity contribution is -0.156. The Morgan fingerprint density at radius 2 is 2.00 bits per heavy atom. The number of ether oxygens (including phenoxy) is 1. The van der Waals surface area contributed by atoms with Crippen LogP contribution in [-0.4, -0.2) is 17.6 Å². The summed E-state index contributed by atoms with van der Waals surface area (Å²) in [5.74, 6) is -0.330. The first-order valence-corrected chi connectivity index (χ1v) is 6.69. The smallest absolute Gasteiger partial charge is 0.323 e. The summed E-state index contributed by atoms with van der Waals surface area (Å²) in [4.78, 5) is 14.2. The summed E-state index contributed by atoms with van der Waals surface area (Å²) < 4.78 is 5.25. The number of thiophene rings is 1. The fraction of sp³-hybridized carbons (Fsp3) is 0.615. The van der Waals surface area contributed by atoms with Crippen LogP contribution in [0.5, 0.6) is 0 Å². The molecule has 1 aromatic heterocycles. The zero-order chi connectivity index (χ0) is 13.1. The molecule has 0 aliphatic rings. The number of hydrogen-bond acceptors (Lipinski definition) is 4. The Balaban J connectivity index is 2.54. The van der Waals surface area contributed by atoms with Crippen molar-refractivity contribution in [2.24, 2.45) is 5.73 Å². The van der Waals surface area contributed by atoms with Gasteiger partial charge in [0.15, 0.2) is 0 Å². The van der Waals surface area contributed by atoms with Gasteiger partial charge in [0.25, 0.3) is 0 Å². The average Bonchev–Trinajstić information content (AvgIpc) is 2.62. The summed E-state index contributed by atoms with van der Waals surface area (Å²) in [5.41, 5.74) is 5.37. The fourth-order valence-corrected chi connectivity index (χ4v) is 2.42. The molecular formula is C13H21NO2S. The number of hydrogen-bond donors (Lipinski definition) is 1. The molecule has 1 rings (SSSR count). The summed E-state index contributed by atoms with van der Waals surface area (Å²) in [7, 11) is 0. The van der Waals surface area contributed by atoms with Gasteiger partial charge in [0.1, 0.15) is 11.6 Å². The van der Waals surface area contributed by atoms with Crippen LogP contribution >= 0.6 is 11.3 Å². The molecule has 0 aliphatic heterocycles. The van der Waals surface area contributed by atoms with E-state index in [1.807, 2.05) is 26.8 Å². The predicted molar refractivity (Wildman–Crippen MR) is 71.2 cm³/mol. The Kier molecular flexibility index (Phi) is 4.71. The van der Waals surface area contributed by atoms with Gasteiger partial charge in [0, 0.05) is 16.2 Å². The highest BCUT2D eigenvalue weighted by atomic mass is 32.1. The maximum absolute atomic E-state index is 11.7. The normalized spacial score (nSPS) is 13.5. The Labute approximate surface area is 107 Å². The van der Waals surface area contributed by atoms with Crippen molar-refractivity contribution in [2.75, 3.05) is 0 Å². The molecule has 1 unspecified atom stereocenters. The summed E-state index contributed by atoms with van der Waals surface area (Å²) in [6.45, 7) is 7.65. The van der Waals surface area contributed by atoms with Crippen molar-refractivity contribution < 1.29 is 9.53 Å². The van der Waals surface area contributed by atoms with Gasteiger partial charge in [-0.3, -0.25) is 4.79 Å². The highest BCUT2D eigenvalue weighted by Crippen LogP contribution is 2.19. The second kappa shape index (κ2) is 5.65. The first kappa shape index (κ1) is 14.2. The molecular weight excluding hydrogens is 234 g/mol. The van der Waals surface area contributed by atoms with Crippen molar-refractivity contribution >= 4 is 17.3 Å². The predicted octanol–water partition coefficient (Wildman–Crippen LogP) is 2.52. The monoisotopic (exact) mass is 255 g/mol. The SMILES string of the molecule is CCc1ccc(CC(N)C(=O)OC(C)(C)C)s1. The highest BCUT2D eigenvalue weighted by molar-refractivity contribution is 7.12. The minimum absolute atomic E-state index is 0.330. The van der Waals surface area contributed by atoms with E-state index in [-0.39, 0.29) is 5.97 Å². The van der Waals surface area contributed by atoms with Gasteiger partial charge >= 0.3 is 5.97 Å². The topological polar surface area (TPSA) is 52.3 Å². The van der Waals surface area contributed by atoms with E-state index in [9.17, 15) is 4.79 Å². The van der Waals surface area contributed by atoms with Crippen molar-refractivity contribution in [3.8, 4) is 0 Å². The van der Waals surface area contributed by atoms with E-state index in [0.29, 0.717) is 6.42 Å². The number of aryl methyl sites for hydroxylation is 1. The second-order valence-electron chi connectivity index (χ2n) is 5.07. The van der Waals surface area contributed by atoms with E-state index in [2.05, 4.69) is 13.0 Å². The highest BCUT2D eigenvalue weighted by Gasteiger charge is 2.22. The Hall–Kier alpha value is -0.870. The molecule has 1 heterocycles. The second-order valence-corrected chi connectivity index (χ2v) is 6.32. The van der Waals surface area contributed by atoms with E-state index in [1.54, 1.807) is 11.3 Å². The van der Waals surface area contributed by atoms with Gasteiger partial charge in [0.2, 0.25) is 0 Å². The zero-order valence-corrected chi connectivity index (χ0v) is 11.8. The molecule has 17 heavy (non-hydrogen) atoms. The minimum Gasteiger partial charge on any atom is -0.459 e. The summed E-state index contributed by atoms with van der Waals surface area (Å²) in [5, 5.41) is 0. The van der Waals surface area contributed by atoms with E-state index < -0.39 is 11.6 Å². The molecule has 0 radical (unpaired) electrons. The van der Waals surface area contributed by atoms with Crippen LogP contribution in [0.1, 0.15) is 37.4 Å². The molecule has 0 saturated heterocycles. The first-order valence-electron chi connectivity index (χ1n) is 5.88. The van der Waals surface area contributed by atoms with Crippen molar-refractivity contribution in [1.82, 2.24) is 0 Å². The van der Waals surface area contributed by atoms with Gasteiger partial charge in [0.05, 0.1) is 0 Å². The molecule has 0 aliphatic carbocycles. The zero-order valence-electron chi connectivity index (χ0n) is 10.9. The van der Waals surface area contributed by atoms with E-state index in [4.69, 9.17) is 10.5 Å². The molecule has 0 saturated carbocycles. The molecule has 0 spiro atoms. The minimum atomic E-state index is -0.572. The van der Waals surface area contributed by atoms with Gasteiger partial charge in [-0.2, -0.15) is 0 Å².